The number of rotatable bonds is 3. The highest BCUT2D eigenvalue weighted by Gasteiger charge is 2.13. The molecular formula is C17H11Cl3FN3. The van der Waals surface area contributed by atoms with E-state index < -0.39 is 5.82 Å². The Balaban J connectivity index is 1.95. The van der Waals surface area contributed by atoms with E-state index in [2.05, 4.69) is 10.1 Å². The van der Waals surface area contributed by atoms with E-state index in [9.17, 15) is 4.39 Å². The molecule has 3 nitrogen and oxygen atoms in total. The molecule has 0 amide bonds. The Morgan fingerprint density at radius 2 is 1.79 bits per heavy atom. The van der Waals surface area contributed by atoms with E-state index in [1.54, 1.807) is 23.0 Å². The van der Waals surface area contributed by atoms with Crippen LogP contribution in [0, 0.1) is 12.7 Å². The van der Waals surface area contributed by atoms with Gasteiger partial charge in [0.1, 0.15) is 11.0 Å². The summed E-state index contributed by atoms with van der Waals surface area (Å²) in [7, 11) is 0. The van der Waals surface area contributed by atoms with Crippen LogP contribution in [0.25, 0.3) is 5.69 Å². The first-order chi connectivity index (χ1) is 11.5. The van der Waals surface area contributed by atoms with Crippen molar-refractivity contribution >= 4 is 46.7 Å². The van der Waals surface area contributed by atoms with Gasteiger partial charge in [-0.3, -0.25) is 4.99 Å². The Bertz CT molecular complexity index is 918. The first kappa shape index (κ1) is 17.0. The number of nitrogens with zero attached hydrogens (tertiary/aromatic N) is 3. The van der Waals surface area contributed by atoms with Crippen molar-refractivity contribution in [2.24, 2.45) is 4.99 Å². The lowest BCUT2D eigenvalue weighted by molar-refractivity contribution is 0.628. The Hall–Kier alpha value is -1.88. The zero-order valence-electron chi connectivity index (χ0n) is 12.5. The second-order valence-electron chi connectivity index (χ2n) is 5.03. The van der Waals surface area contributed by atoms with Crippen molar-refractivity contribution in [1.82, 2.24) is 9.78 Å². The molecule has 122 valence electrons. The molecule has 24 heavy (non-hydrogen) atoms. The lowest BCUT2D eigenvalue weighted by Gasteiger charge is -2.02. The molecule has 3 aromatic rings. The smallest absolute Gasteiger partial charge is 0.141 e. The van der Waals surface area contributed by atoms with Crippen LogP contribution < -0.4 is 0 Å². The fourth-order valence-corrected chi connectivity index (χ4v) is 2.74. The molecule has 0 saturated carbocycles. The van der Waals surface area contributed by atoms with Crippen LogP contribution in [-0.2, 0) is 0 Å². The number of hydrogen-bond acceptors (Lipinski definition) is 2. The Kier molecular flexibility index (Phi) is 4.90. The summed E-state index contributed by atoms with van der Waals surface area (Å²) in [6.45, 7) is 1.83. The third kappa shape index (κ3) is 3.46. The molecule has 0 bridgehead atoms. The molecule has 0 aliphatic carbocycles. The largest absolute Gasteiger partial charge is 0.256 e. The molecule has 0 fully saturated rings. The standard InChI is InChI=1S/C17H11Cl3FN3/c1-10-14(9-22-12-4-7-16(21)15(19)8-12)17(20)24(23-10)13-5-2-11(18)3-6-13/h2-9H,1H3. The summed E-state index contributed by atoms with van der Waals surface area (Å²) < 4.78 is 14.8. The first-order valence-corrected chi connectivity index (χ1v) is 8.09. The summed E-state index contributed by atoms with van der Waals surface area (Å²) in [5.41, 5.74) is 2.70. The van der Waals surface area contributed by atoms with Crippen LogP contribution >= 0.6 is 34.8 Å². The normalized spacial score (nSPS) is 11.4. The van der Waals surface area contributed by atoms with Crippen molar-refractivity contribution in [3.05, 3.63) is 74.7 Å². The second-order valence-corrected chi connectivity index (χ2v) is 6.24. The van der Waals surface area contributed by atoms with E-state index in [4.69, 9.17) is 34.8 Å². The zero-order valence-corrected chi connectivity index (χ0v) is 14.7. The molecular weight excluding hydrogens is 372 g/mol. The van der Waals surface area contributed by atoms with Crippen LogP contribution in [0.3, 0.4) is 0 Å². The monoisotopic (exact) mass is 381 g/mol. The van der Waals surface area contributed by atoms with Gasteiger partial charge in [-0.15, -0.1) is 0 Å². The van der Waals surface area contributed by atoms with Crippen molar-refractivity contribution < 1.29 is 4.39 Å². The summed E-state index contributed by atoms with van der Waals surface area (Å²) in [6.07, 6.45) is 1.58. The average Bonchev–Trinajstić information content (AvgIpc) is 2.84. The summed E-state index contributed by atoms with van der Waals surface area (Å²) in [5.74, 6) is -0.486. The molecule has 0 radical (unpaired) electrons. The minimum Gasteiger partial charge on any atom is -0.256 e. The van der Waals surface area contributed by atoms with E-state index in [0.29, 0.717) is 27.1 Å². The van der Waals surface area contributed by atoms with E-state index in [1.807, 2.05) is 19.1 Å². The molecule has 0 atom stereocenters. The topological polar surface area (TPSA) is 30.2 Å². The third-order valence-electron chi connectivity index (χ3n) is 3.37. The Labute approximate surface area is 153 Å². The average molecular weight is 383 g/mol. The fourth-order valence-electron chi connectivity index (χ4n) is 2.12. The molecule has 0 spiro atoms. The lowest BCUT2D eigenvalue weighted by atomic mass is 10.2. The van der Waals surface area contributed by atoms with Gasteiger partial charge >= 0.3 is 0 Å². The van der Waals surface area contributed by atoms with Gasteiger partial charge < -0.3 is 0 Å². The van der Waals surface area contributed by atoms with Gasteiger partial charge in [-0.2, -0.15) is 5.10 Å². The van der Waals surface area contributed by atoms with Crippen molar-refractivity contribution in [3.63, 3.8) is 0 Å². The minimum absolute atomic E-state index is 0.0179. The van der Waals surface area contributed by atoms with Crippen molar-refractivity contribution in [1.29, 1.82) is 0 Å². The second kappa shape index (κ2) is 6.93. The van der Waals surface area contributed by atoms with Crippen LogP contribution in [0.1, 0.15) is 11.3 Å². The van der Waals surface area contributed by atoms with Crippen LogP contribution in [0.2, 0.25) is 15.2 Å². The lowest BCUT2D eigenvalue weighted by Crippen LogP contribution is -1.96. The van der Waals surface area contributed by atoms with E-state index >= 15 is 0 Å². The van der Waals surface area contributed by atoms with Gasteiger partial charge in [-0.05, 0) is 49.4 Å². The highest BCUT2D eigenvalue weighted by Crippen LogP contribution is 2.25. The van der Waals surface area contributed by atoms with Crippen LogP contribution in [0.4, 0.5) is 10.1 Å². The predicted molar refractivity (Wildman–Crippen MR) is 97.0 cm³/mol. The van der Waals surface area contributed by atoms with Crippen LogP contribution in [0.15, 0.2) is 47.5 Å². The van der Waals surface area contributed by atoms with Crippen molar-refractivity contribution in [2.75, 3.05) is 0 Å². The van der Waals surface area contributed by atoms with Crippen LogP contribution in [-0.4, -0.2) is 16.0 Å². The third-order valence-corrected chi connectivity index (χ3v) is 4.27. The van der Waals surface area contributed by atoms with E-state index in [-0.39, 0.29) is 5.02 Å². The van der Waals surface area contributed by atoms with Gasteiger partial charge in [0, 0.05) is 11.2 Å². The maximum atomic E-state index is 13.2. The Morgan fingerprint density at radius 3 is 2.46 bits per heavy atom. The van der Waals surface area contributed by atoms with Gasteiger partial charge in [-0.25, -0.2) is 9.07 Å². The van der Waals surface area contributed by atoms with E-state index in [0.717, 1.165) is 5.69 Å². The van der Waals surface area contributed by atoms with Gasteiger partial charge in [0.15, 0.2) is 0 Å². The molecule has 0 saturated heterocycles. The SMILES string of the molecule is Cc1nn(-c2ccc(Cl)cc2)c(Cl)c1C=Nc1ccc(F)c(Cl)c1. The number of aryl methyl sites for hydroxylation is 1. The number of halogens is 4. The van der Waals surface area contributed by atoms with Gasteiger partial charge in [0.05, 0.1) is 27.7 Å². The maximum absolute atomic E-state index is 13.2. The maximum Gasteiger partial charge on any atom is 0.141 e. The highest BCUT2D eigenvalue weighted by atomic mass is 35.5. The first-order valence-electron chi connectivity index (χ1n) is 6.96. The summed E-state index contributed by atoms with van der Waals surface area (Å²) in [4.78, 5) is 4.29. The van der Waals surface area contributed by atoms with Gasteiger partial charge in [0.2, 0.25) is 0 Å². The van der Waals surface area contributed by atoms with Gasteiger partial charge in [-0.1, -0.05) is 34.8 Å². The minimum atomic E-state index is -0.486. The molecule has 0 aliphatic heterocycles. The summed E-state index contributed by atoms with van der Waals surface area (Å²) in [5, 5.41) is 5.49. The van der Waals surface area contributed by atoms with Gasteiger partial charge in [0.25, 0.3) is 0 Å². The number of benzene rings is 2. The van der Waals surface area contributed by atoms with Crippen molar-refractivity contribution in [3.8, 4) is 5.69 Å². The number of aromatic nitrogens is 2. The number of aliphatic imine (C=N–C) groups is 1. The quantitative estimate of drug-likeness (QED) is 0.509. The molecule has 2 aromatic carbocycles. The Morgan fingerprint density at radius 1 is 1.08 bits per heavy atom. The highest BCUT2D eigenvalue weighted by molar-refractivity contribution is 6.32. The molecule has 7 heteroatoms. The fraction of sp³-hybridized carbons (Fsp3) is 0.0588. The van der Waals surface area contributed by atoms with E-state index in [1.165, 1.54) is 18.2 Å². The van der Waals surface area contributed by atoms with Crippen molar-refractivity contribution in [2.45, 2.75) is 6.92 Å². The number of hydrogen-bond donors (Lipinski definition) is 0. The molecule has 0 N–H and O–H groups in total. The predicted octanol–water partition coefficient (Wildman–Crippen LogP) is 6.03. The molecule has 0 unspecified atom stereocenters. The summed E-state index contributed by atoms with van der Waals surface area (Å²) >= 11 is 18.1. The molecule has 3 rings (SSSR count). The molecule has 1 aromatic heterocycles. The molecule has 1 heterocycles. The van der Waals surface area contributed by atoms with Crippen LogP contribution in [0.5, 0.6) is 0 Å². The zero-order chi connectivity index (χ0) is 17.3. The summed E-state index contributed by atoms with van der Waals surface area (Å²) in [6, 6.07) is 11.4. The molecule has 0 aliphatic rings.